The molecule has 0 spiro atoms. The Morgan fingerprint density at radius 2 is 1.68 bits per heavy atom. The molecule has 1 saturated heterocycles. The van der Waals surface area contributed by atoms with Crippen molar-refractivity contribution in [2.45, 2.75) is 20.3 Å². The van der Waals surface area contributed by atoms with Crippen LogP contribution in [0.1, 0.15) is 25.1 Å². The molecule has 0 unspecified atom stereocenters. The summed E-state index contributed by atoms with van der Waals surface area (Å²) in [7, 11) is 0. The van der Waals surface area contributed by atoms with Gasteiger partial charge >= 0.3 is 0 Å². The standard InChI is InChI=1S/C24H30N6O/c1-18(2)17-29-12-14-30(15-13-29)21-10-8-20(9-11-21)25-24-26-23(31)22(27-28-24)16-19-6-4-3-5-7-19/h3-11,18H,12-17H2,1-2H3,(H2,25,26,28,31). The van der Waals surface area contributed by atoms with Crippen molar-refractivity contribution in [1.29, 1.82) is 0 Å². The molecule has 1 aromatic heterocycles. The van der Waals surface area contributed by atoms with Gasteiger partial charge in [-0.2, -0.15) is 0 Å². The number of hydrogen-bond donors (Lipinski definition) is 2. The highest BCUT2D eigenvalue weighted by Crippen LogP contribution is 2.21. The largest absolute Gasteiger partial charge is 0.369 e. The van der Waals surface area contributed by atoms with Crippen LogP contribution in [0.25, 0.3) is 0 Å². The first kappa shape index (κ1) is 21.1. The van der Waals surface area contributed by atoms with Crippen LogP contribution in [0.15, 0.2) is 59.4 Å². The van der Waals surface area contributed by atoms with E-state index < -0.39 is 0 Å². The number of nitrogens with one attached hydrogen (secondary N) is 2. The van der Waals surface area contributed by atoms with Crippen molar-refractivity contribution in [2.24, 2.45) is 5.92 Å². The summed E-state index contributed by atoms with van der Waals surface area (Å²) in [5.41, 5.74) is 3.29. The second kappa shape index (κ2) is 9.75. The van der Waals surface area contributed by atoms with Gasteiger partial charge in [0, 0.05) is 50.5 Å². The van der Waals surface area contributed by atoms with Crippen molar-refractivity contribution in [3.63, 3.8) is 0 Å². The SMILES string of the molecule is CC(C)CN1CCN(c2ccc(Nc3nnc(Cc4ccccc4)c(=O)[nH]3)cc2)CC1. The zero-order valence-electron chi connectivity index (χ0n) is 18.2. The number of anilines is 3. The summed E-state index contributed by atoms with van der Waals surface area (Å²) in [6, 6.07) is 18.0. The third kappa shape index (κ3) is 5.70. The molecular formula is C24H30N6O. The molecule has 1 aliphatic heterocycles. The zero-order chi connectivity index (χ0) is 21.6. The number of piperazine rings is 1. The molecule has 2 N–H and O–H groups in total. The Morgan fingerprint density at radius 3 is 2.32 bits per heavy atom. The summed E-state index contributed by atoms with van der Waals surface area (Å²) in [6.45, 7) is 10.00. The average Bonchev–Trinajstić information content (AvgIpc) is 2.77. The first-order valence-corrected chi connectivity index (χ1v) is 10.9. The Morgan fingerprint density at radius 1 is 0.968 bits per heavy atom. The minimum Gasteiger partial charge on any atom is -0.369 e. The molecule has 2 aromatic carbocycles. The molecule has 1 aliphatic rings. The molecule has 0 saturated carbocycles. The second-order valence-corrected chi connectivity index (χ2v) is 8.47. The molecule has 1 fully saturated rings. The first-order chi connectivity index (χ1) is 15.1. The highest BCUT2D eigenvalue weighted by molar-refractivity contribution is 5.59. The Balaban J connectivity index is 1.35. The van der Waals surface area contributed by atoms with Crippen LogP contribution in [-0.2, 0) is 6.42 Å². The Labute approximate surface area is 183 Å². The number of rotatable bonds is 7. The highest BCUT2D eigenvalue weighted by Gasteiger charge is 2.17. The van der Waals surface area contributed by atoms with Crippen LogP contribution in [0.3, 0.4) is 0 Å². The summed E-state index contributed by atoms with van der Waals surface area (Å²) < 4.78 is 0. The summed E-state index contributed by atoms with van der Waals surface area (Å²) in [6.07, 6.45) is 0.461. The van der Waals surface area contributed by atoms with E-state index in [1.165, 1.54) is 12.2 Å². The van der Waals surface area contributed by atoms with E-state index in [0.717, 1.165) is 37.4 Å². The molecule has 0 amide bonds. The first-order valence-electron chi connectivity index (χ1n) is 10.9. The summed E-state index contributed by atoms with van der Waals surface area (Å²) in [5, 5.41) is 11.4. The molecule has 7 heteroatoms. The van der Waals surface area contributed by atoms with Crippen LogP contribution in [0, 0.1) is 5.92 Å². The van der Waals surface area contributed by atoms with Gasteiger partial charge in [-0.25, -0.2) is 0 Å². The fourth-order valence-corrected chi connectivity index (χ4v) is 3.92. The summed E-state index contributed by atoms with van der Waals surface area (Å²) in [5.74, 6) is 1.05. The van der Waals surface area contributed by atoms with Crippen LogP contribution in [0.5, 0.6) is 0 Å². The van der Waals surface area contributed by atoms with Crippen molar-refractivity contribution < 1.29 is 0 Å². The Bertz CT molecular complexity index is 1020. The van der Waals surface area contributed by atoms with Gasteiger partial charge in [0.2, 0.25) is 5.95 Å². The van der Waals surface area contributed by atoms with E-state index in [2.05, 4.69) is 56.3 Å². The van der Waals surface area contributed by atoms with Gasteiger partial charge in [0.25, 0.3) is 5.56 Å². The van der Waals surface area contributed by atoms with Crippen LogP contribution in [0.4, 0.5) is 17.3 Å². The molecule has 162 valence electrons. The van der Waals surface area contributed by atoms with Gasteiger partial charge in [0.1, 0.15) is 5.69 Å². The summed E-state index contributed by atoms with van der Waals surface area (Å²) >= 11 is 0. The number of H-pyrrole nitrogens is 1. The van der Waals surface area contributed by atoms with Gasteiger partial charge in [-0.1, -0.05) is 44.2 Å². The monoisotopic (exact) mass is 418 g/mol. The molecule has 4 rings (SSSR count). The van der Waals surface area contributed by atoms with E-state index in [9.17, 15) is 4.79 Å². The molecule has 0 radical (unpaired) electrons. The lowest BCUT2D eigenvalue weighted by Crippen LogP contribution is -2.47. The van der Waals surface area contributed by atoms with Crippen molar-refractivity contribution in [3.8, 4) is 0 Å². The lowest BCUT2D eigenvalue weighted by atomic mass is 10.1. The molecule has 3 aromatic rings. The van der Waals surface area contributed by atoms with Gasteiger partial charge in [0.15, 0.2) is 0 Å². The van der Waals surface area contributed by atoms with Crippen molar-refractivity contribution in [2.75, 3.05) is 42.9 Å². The smallest absolute Gasteiger partial charge is 0.274 e. The van der Waals surface area contributed by atoms with Gasteiger partial charge in [-0.15, -0.1) is 10.2 Å². The van der Waals surface area contributed by atoms with Crippen molar-refractivity contribution in [1.82, 2.24) is 20.1 Å². The van der Waals surface area contributed by atoms with Crippen LogP contribution in [0.2, 0.25) is 0 Å². The lowest BCUT2D eigenvalue weighted by molar-refractivity contribution is 0.231. The highest BCUT2D eigenvalue weighted by atomic mass is 16.1. The fourth-order valence-electron chi connectivity index (χ4n) is 3.92. The number of benzene rings is 2. The molecule has 7 nitrogen and oxygen atoms in total. The molecular weight excluding hydrogens is 388 g/mol. The van der Waals surface area contributed by atoms with Crippen LogP contribution >= 0.6 is 0 Å². The van der Waals surface area contributed by atoms with Gasteiger partial charge in [-0.05, 0) is 35.7 Å². The van der Waals surface area contributed by atoms with E-state index in [1.807, 2.05) is 42.5 Å². The quantitative estimate of drug-likeness (QED) is 0.613. The van der Waals surface area contributed by atoms with E-state index >= 15 is 0 Å². The molecule has 2 heterocycles. The predicted molar refractivity (Wildman–Crippen MR) is 125 cm³/mol. The topological polar surface area (TPSA) is 77.2 Å². The average molecular weight is 419 g/mol. The second-order valence-electron chi connectivity index (χ2n) is 8.47. The summed E-state index contributed by atoms with van der Waals surface area (Å²) in [4.78, 5) is 20.1. The van der Waals surface area contributed by atoms with E-state index in [-0.39, 0.29) is 5.56 Å². The Kier molecular flexibility index (Phi) is 6.62. The van der Waals surface area contributed by atoms with Gasteiger partial charge < -0.3 is 10.2 Å². The van der Waals surface area contributed by atoms with E-state index in [0.29, 0.717) is 24.0 Å². The third-order valence-electron chi connectivity index (χ3n) is 5.47. The van der Waals surface area contributed by atoms with Crippen LogP contribution in [-0.4, -0.2) is 52.8 Å². The molecule has 31 heavy (non-hydrogen) atoms. The van der Waals surface area contributed by atoms with Crippen LogP contribution < -0.4 is 15.8 Å². The minimum atomic E-state index is -0.225. The maximum Gasteiger partial charge on any atom is 0.274 e. The third-order valence-corrected chi connectivity index (χ3v) is 5.47. The maximum absolute atomic E-state index is 12.4. The Hall–Kier alpha value is -3.19. The number of hydrogen-bond acceptors (Lipinski definition) is 6. The van der Waals surface area contributed by atoms with Gasteiger partial charge in [-0.3, -0.25) is 14.7 Å². The number of aromatic amines is 1. The molecule has 0 atom stereocenters. The normalized spacial score (nSPS) is 14.7. The number of aromatic nitrogens is 3. The zero-order valence-corrected chi connectivity index (χ0v) is 18.2. The minimum absolute atomic E-state index is 0.225. The van der Waals surface area contributed by atoms with Gasteiger partial charge in [0.05, 0.1) is 0 Å². The van der Waals surface area contributed by atoms with Crippen molar-refractivity contribution in [3.05, 3.63) is 76.2 Å². The fraction of sp³-hybridized carbons (Fsp3) is 0.375. The van der Waals surface area contributed by atoms with E-state index in [1.54, 1.807) is 0 Å². The molecule has 0 aliphatic carbocycles. The maximum atomic E-state index is 12.4. The predicted octanol–water partition coefficient (Wildman–Crippen LogP) is 3.28. The molecule has 0 bridgehead atoms. The number of nitrogens with zero attached hydrogens (tertiary/aromatic N) is 4. The lowest BCUT2D eigenvalue weighted by Gasteiger charge is -2.36. The van der Waals surface area contributed by atoms with E-state index in [4.69, 9.17) is 0 Å². The van der Waals surface area contributed by atoms with Crippen molar-refractivity contribution >= 4 is 17.3 Å².